The molecule has 2 amide bonds. The van der Waals surface area contributed by atoms with Gasteiger partial charge in [0.05, 0.1) is 18.8 Å². The maximum atomic E-state index is 12.9. The molecule has 47 heavy (non-hydrogen) atoms. The lowest BCUT2D eigenvalue weighted by atomic mass is 10.0. The Kier molecular flexibility index (Phi) is 15.1. The number of hydrogen-bond donors (Lipinski definition) is 3. The van der Waals surface area contributed by atoms with Crippen LogP contribution in [0.25, 0.3) is 0 Å². The quantitative estimate of drug-likeness (QED) is 0.107. The molecular weight excluding hydrogens is 602 g/mol. The zero-order valence-electron chi connectivity index (χ0n) is 27.8. The fraction of sp³-hybridized carbons (Fsp3) is 0.444. The molecule has 11 nitrogen and oxygen atoms in total. The standard InChI is InChI=1S/C36H47N3O8/c1-5-6-7-8-9-22-46-29-17-13-27(14-18-29)36(44)47-31-19-10-25(24-32(31)45-4)23-30(35(42)43)38-34(41)26-11-15-28(16-12-26)37-33(40)20-21-39(2)3/h10-17,19,24,29-30H,5-9,18,20-23H2,1-4H3,(H,37,40)(H,38,41)(H,42,43). The topological polar surface area (TPSA) is 143 Å². The molecule has 0 fully saturated rings. The van der Waals surface area contributed by atoms with Crippen molar-refractivity contribution in [1.82, 2.24) is 10.2 Å². The van der Waals surface area contributed by atoms with Crippen LogP contribution < -0.4 is 20.1 Å². The first-order chi connectivity index (χ1) is 22.6. The van der Waals surface area contributed by atoms with Gasteiger partial charge < -0.3 is 34.9 Å². The number of nitrogens with zero attached hydrogens (tertiary/aromatic N) is 1. The smallest absolute Gasteiger partial charge is 0.343 e. The molecule has 0 aromatic heterocycles. The molecule has 0 heterocycles. The van der Waals surface area contributed by atoms with E-state index in [4.69, 9.17) is 14.2 Å². The van der Waals surface area contributed by atoms with Crippen LogP contribution in [0, 0.1) is 0 Å². The van der Waals surface area contributed by atoms with Crippen LogP contribution >= 0.6 is 0 Å². The Hall–Kier alpha value is -4.48. The SMILES string of the molecule is CCCCCCCOC1C=CC(C(=O)Oc2ccc(CC(NC(=O)c3ccc(NC(=O)CCN(C)C)cc3)C(=O)O)cc2OC)=CC1. The second-order valence-corrected chi connectivity index (χ2v) is 11.7. The summed E-state index contributed by atoms with van der Waals surface area (Å²) in [4.78, 5) is 51.7. The molecule has 0 spiro atoms. The molecule has 11 heteroatoms. The molecular formula is C36H47N3O8. The van der Waals surface area contributed by atoms with E-state index < -0.39 is 23.9 Å². The predicted octanol–water partition coefficient (Wildman–Crippen LogP) is 5.16. The Morgan fingerprint density at radius 2 is 1.74 bits per heavy atom. The molecule has 0 aliphatic heterocycles. The maximum absolute atomic E-state index is 12.9. The van der Waals surface area contributed by atoms with Crippen LogP contribution in [0.2, 0.25) is 0 Å². The van der Waals surface area contributed by atoms with Crippen LogP contribution in [-0.2, 0) is 25.5 Å². The van der Waals surface area contributed by atoms with Crippen LogP contribution in [0.3, 0.4) is 0 Å². The van der Waals surface area contributed by atoms with Crippen LogP contribution in [0.4, 0.5) is 5.69 Å². The molecule has 0 saturated heterocycles. The van der Waals surface area contributed by atoms with E-state index in [9.17, 15) is 24.3 Å². The van der Waals surface area contributed by atoms with Crippen molar-refractivity contribution in [3.63, 3.8) is 0 Å². The normalized spacial score (nSPS) is 14.7. The lowest BCUT2D eigenvalue weighted by Crippen LogP contribution is -2.42. The van der Waals surface area contributed by atoms with Crippen molar-refractivity contribution in [2.24, 2.45) is 0 Å². The van der Waals surface area contributed by atoms with Gasteiger partial charge in [0.15, 0.2) is 11.5 Å². The van der Waals surface area contributed by atoms with Crippen molar-refractivity contribution >= 4 is 29.4 Å². The number of esters is 1. The number of anilines is 1. The summed E-state index contributed by atoms with van der Waals surface area (Å²) in [7, 11) is 5.18. The van der Waals surface area contributed by atoms with E-state index in [-0.39, 0.29) is 35.5 Å². The Morgan fingerprint density at radius 1 is 1.00 bits per heavy atom. The van der Waals surface area contributed by atoms with Gasteiger partial charge in [0, 0.05) is 37.2 Å². The van der Waals surface area contributed by atoms with E-state index in [1.807, 2.05) is 25.1 Å². The first-order valence-corrected chi connectivity index (χ1v) is 16.1. The number of ether oxygens (including phenoxy) is 3. The lowest BCUT2D eigenvalue weighted by Gasteiger charge is -2.18. The van der Waals surface area contributed by atoms with Gasteiger partial charge in [0.1, 0.15) is 6.04 Å². The minimum atomic E-state index is -1.24. The average molecular weight is 650 g/mol. The van der Waals surface area contributed by atoms with Crippen LogP contribution in [-0.4, -0.2) is 80.3 Å². The zero-order valence-corrected chi connectivity index (χ0v) is 27.8. The Balaban J connectivity index is 1.54. The van der Waals surface area contributed by atoms with Crippen LogP contribution in [0.15, 0.2) is 66.3 Å². The molecule has 0 bridgehead atoms. The number of carbonyl (C=O) groups excluding carboxylic acids is 3. The Morgan fingerprint density at radius 3 is 2.38 bits per heavy atom. The number of amides is 2. The second-order valence-electron chi connectivity index (χ2n) is 11.7. The molecule has 2 aromatic rings. The molecule has 2 atom stereocenters. The third-order valence-corrected chi connectivity index (χ3v) is 7.57. The highest BCUT2D eigenvalue weighted by Gasteiger charge is 2.23. The number of carboxylic acid groups (broad SMARTS) is 1. The number of unbranched alkanes of at least 4 members (excludes halogenated alkanes) is 4. The number of methoxy groups -OCH3 is 1. The molecule has 0 saturated carbocycles. The Bertz CT molecular complexity index is 1420. The summed E-state index contributed by atoms with van der Waals surface area (Å²) in [6.07, 6.45) is 12.0. The summed E-state index contributed by atoms with van der Waals surface area (Å²) < 4.78 is 16.9. The zero-order chi connectivity index (χ0) is 34.2. The van der Waals surface area contributed by atoms with Crippen molar-refractivity contribution < 1.29 is 38.5 Å². The minimum absolute atomic E-state index is 0.0421. The molecule has 2 unspecified atom stereocenters. The molecule has 1 aliphatic rings. The first-order valence-electron chi connectivity index (χ1n) is 16.1. The number of rotatable bonds is 19. The monoisotopic (exact) mass is 649 g/mol. The summed E-state index contributed by atoms with van der Waals surface area (Å²) in [6.45, 7) is 3.48. The third-order valence-electron chi connectivity index (χ3n) is 7.57. The van der Waals surface area contributed by atoms with Crippen molar-refractivity contribution in [3.05, 3.63) is 77.4 Å². The maximum Gasteiger partial charge on any atom is 0.343 e. The van der Waals surface area contributed by atoms with Crippen molar-refractivity contribution in [3.8, 4) is 11.5 Å². The fourth-order valence-corrected chi connectivity index (χ4v) is 4.83. The summed E-state index contributed by atoms with van der Waals surface area (Å²) in [5, 5.41) is 15.1. The van der Waals surface area contributed by atoms with Gasteiger partial charge >= 0.3 is 11.9 Å². The fourth-order valence-electron chi connectivity index (χ4n) is 4.83. The van der Waals surface area contributed by atoms with Gasteiger partial charge in [-0.3, -0.25) is 9.59 Å². The van der Waals surface area contributed by atoms with Crippen LogP contribution in [0.5, 0.6) is 11.5 Å². The van der Waals surface area contributed by atoms with Gasteiger partial charge in [0.25, 0.3) is 5.91 Å². The van der Waals surface area contributed by atoms with Gasteiger partial charge in [-0.1, -0.05) is 50.8 Å². The second kappa shape index (κ2) is 19.2. The van der Waals surface area contributed by atoms with Crippen molar-refractivity contribution in [1.29, 1.82) is 0 Å². The lowest BCUT2D eigenvalue weighted by molar-refractivity contribution is -0.139. The van der Waals surface area contributed by atoms with Gasteiger partial charge in [0.2, 0.25) is 5.91 Å². The number of benzene rings is 2. The van der Waals surface area contributed by atoms with Gasteiger partial charge in [-0.25, -0.2) is 9.59 Å². The third kappa shape index (κ3) is 12.7. The highest BCUT2D eigenvalue weighted by molar-refractivity contribution is 5.98. The first kappa shape index (κ1) is 37.0. The summed E-state index contributed by atoms with van der Waals surface area (Å²) in [6, 6.07) is 9.70. The molecule has 254 valence electrons. The van der Waals surface area contributed by atoms with Gasteiger partial charge in [-0.05, 0) is 75.0 Å². The van der Waals surface area contributed by atoms with Crippen molar-refractivity contribution in [2.45, 2.75) is 70.4 Å². The number of aliphatic carboxylic acids is 1. The highest BCUT2D eigenvalue weighted by Crippen LogP contribution is 2.30. The van der Waals surface area contributed by atoms with E-state index in [1.165, 1.54) is 44.6 Å². The van der Waals surface area contributed by atoms with E-state index in [0.29, 0.717) is 42.8 Å². The minimum Gasteiger partial charge on any atom is -0.493 e. The molecule has 1 aliphatic carbocycles. The number of hydrogen-bond acceptors (Lipinski definition) is 8. The molecule has 3 N–H and O–H groups in total. The predicted molar refractivity (Wildman–Crippen MR) is 180 cm³/mol. The van der Waals surface area contributed by atoms with Crippen LogP contribution in [0.1, 0.15) is 67.8 Å². The Labute approximate surface area is 277 Å². The average Bonchev–Trinajstić information content (AvgIpc) is 3.06. The van der Waals surface area contributed by atoms with Gasteiger partial charge in [-0.2, -0.15) is 0 Å². The summed E-state index contributed by atoms with van der Waals surface area (Å²) >= 11 is 0. The van der Waals surface area contributed by atoms with Crippen molar-refractivity contribution in [2.75, 3.05) is 39.7 Å². The van der Waals surface area contributed by atoms with Gasteiger partial charge in [-0.15, -0.1) is 0 Å². The number of nitrogens with one attached hydrogen (secondary N) is 2. The molecule has 3 rings (SSSR count). The summed E-state index contributed by atoms with van der Waals surface area (Å²) in [5.74, 6) is -2.05. The largest absolute Gasteiger partial charge is 0.493 e. The van der Waals surface area contributed by atoms with E-state index in [0.717, 1.165) is 12.8 Å². The van der Waals surface area contributed by atoms with E-state index >= 15 is 0 Å². The highest BCUT2D eigenvalue weighted by atomic mass is 16.6. The molecule has 2 aromatic carbocycles. The molecule has 0 radical (unpaired) electrons. The van der Waals surface area contributed by atoms with E-state index in [1.54, 1.807) is 36.4 Å². The van der Waals surface area contributed by atoms with E-state index in [2.05, 4.69) is 17.6 Å². The number of carbonyl (C=O) groups is 4. The number of carboxylic acids is 1. The summed E-state index contributed by atoms with van der Waals surface area (Å²) in [5.41, 5.74) is 1.74.